The highest BCUT2D eigenvalue weighted by Crippen LogP contribution is 2.59. The molecule has 178 valence electrons. The van der Waals surface area contributed by atoms with Gasteiger partial charge in [-0.1, -0.05) is 11.6 Å². The molecular formula is C22H22ClF2NO5S2. The van der Waals surface area contributed by atoms with Gasteiger partial charge in [0.15, 0.2) is 21.4 Å². The zero-order valence-electron chi connectivity index (χ0n) is 17.7. The quantitative estimate of drug-likeness (QED) is 0.606. The molecule has 0 N–H and O–H groups in total. The summed E-state index contributed by atoms with van der Waals surface area (Å²) in [5.74, 6) is -3.38. The third-order valence-electron chi connectivity index (χ3n) is 7.53. The van der Waals surface area contributed by atoms with Gasteiger partial charge in [0.2, 0.25) is 10.0 Å². The zero-order chi connectivity index (χ0) is 23.8. The summed E-state index contributed by atoms with van der Waals surface area (Å²) >= 11 is 5.96. The van der Waals surface area contributed by atoms with Gasteiger partial charge in [-0.05, 0) is 61.6 Å². The molecule has 0 aromatic heterocycles. The number of sulfone groups is 1. The molecule has 1 saturated carbocycles. The SMILES string of the molecule is CN1[C@H]2CC[C@@]3(S(=O)(=O)c4ccc(Cl)cc4)c4c(F)ccc(F)c4OC[C@@H]3[C@H]2CCS1(=O)=O. The minimum atomic E-state index is -4.26. The molecule has 4 atom stereocenters. The summed E-state index contributed by atoms with van der Waals surface area (Å²) in [6, 6.07) is 7.00. The average molecular weight is 518 g/mol. The van der Waals surface area contributed by atoms with Crippen LogP contribution in [0.4, 0.5) is 8.78 Å². The van der Waals surface area contributed by atoms with Crippen LogP contribution in [0.2, 0.25) is 5.02 Å². The Balaban J connectivity index is 1.76. The molecule has 2 aromatic carbocycles. The van der Waals surface area contributed by atoms with Crippen molar-refractivity contribution in [2.24, 2.45) is 11.8 Å². The van der Waals surface area contributed by atoms with Crippen molar-refractivity contribution in [2.45, 2.75) is 34.9 Å². The molecule has 11 heteroatoms. The monoisotopic (exact) mass is 517 g/mol. The van der Waals surface area contributed by atoms with Gasteiger partial charge in [0.1, 0.15) is 10.6 Å². The van der Waals surface area contributed by atoms with Gasteiger partial charge in [0.25, 0.3) is 0 Å². The standard InChI is InChI=1S/C22H22ClF2NO5S2/c1-26-19-8-10-22(33(29,30)14-4-2-13(23)3-5-14)16(15(19)9-11-32(26,27)28)12-31-21-18(25)7-6-17(24)20(21)22/h2-7,15-16,19H,8-12H2,1H3/t15-,16-,19+,22+/m1/s1. The van der Waals surface area contributed by atoms with Crippen LogP contribution in [0, 0.1) is 23.5 Å². The second kappa shape index (κ2) is 7.63. The summed E-state index contributed by atoms with van der Waals surface area (Å²) in [6.07, 6.45) is 0.342. The van der Waals surface area contributed by atoms with Crippen LogP contribution in [-0.4, -0.2) is 46.6 Å². The van der Waals surface area contributed by atoms with Crippen molar-refractivity contribution in [3.05, 3.63) is 58.6 Å². The van der Waals surface area contributed by atoms with Gasteiger partial charge < -0.3 is 4.74 Å². The van der Waals surface area contributed by atoms with Crippen LogP contribution < -0.4 is 4.74 Å². The molecule has 2 heterocycles. The van der Waals surface area contributed by atoms with Gasteiger partial charge in [-0.3, -0.25) is 0 Å². The lowest BCUT2D eigenvalue weighted by molar-refractivity contribution is 0.0276. The van der Waals surface area contributed by atoms with E-state index in [-0.39, 0.29) is 47.8 Å². The number of hydrogen-bond acceptors (Lipinski definition) is 5. The van der Waals surface area contributed by atoms with Gasteiger partial charge in [-0.2, -0.15) is 0 Å². The maximum absolute atomic E-state index is 15.4. The van der Waals surface area contributed by atoms with Crippen LogP contribution in [0.15, 0.2) is 41.3 Å². The van der Waals surface area contributed by atoms with Gasteiger partial charge >= 0.3 is 0 Å². The summed E-state index contributed by atoms with van der Waals surface area (Å²) in [5.41, 5.74) is -0.303. The van der Waals surface area contributed by atoms with Gasteiger partial charge in [0.05, 0.1) is 22.8 Å². The lowest BCUT2D eigenvalue weighted by Gasteiger charge is -2.55. The van der Waals surface area contributed by atoms with E-state index in [0.29, 0.717) is 5.02 Å². The van der Waals surface area contributed by atoms with E-state index in [9.17, 15) is 21.2 Å². The largest absolute Gasteiger partial charge is 0.490 e. The highest BCUT2D eigenvalue weighted by molar-refractivity contribution is 7.92. The van der Waals surface area contributed by atoms with E-state index in [4.69, 9.17) is 16.3 Å². The number of benzene rings is 2. The van der Waals surface area contributed by atoms with Crippen molar-refractivity contribution in [3.8, 4) is 5.75 Å². The molecule has 0 unspecified atom stereocenters. The van der Waals surface area contributed by atoms with Crippen molar-refractivity contribution in [2.75, 3.05) is 19.4 Å². The lowest BCUT2D eigenvalue weighted by atomic mass is 9.64. The molecule has 5 rings (SSSR count). The van der Waals surface area contributed by atoms with E-state index in [1.54, 1.807) is 0 Å². The van der Waals surface area contributed by atoms with Gasteiger partial charge in [-0.25, -0.2) is 29.9 Å². The zero-order valence-corrected chi connectivity index (χ0v) is 20.1. The number of rotatable bonds is 2. The molecule has 1 saturated heterocycles. The Kier molecular flexibility index (Phi) is 5.32. The topological polar surface area (TPSA) is 80.8 Å². The summed E-state index contributed by atoms with van der Waals surface area (Å²) in [4.78, 5) is -0.0522. The number of halogens is 3. The Morgan fingerprint density at radius 1 is 1.09 bits per heavy atom. The molecule has 1 aliphatic carbocycles. The molecule has 3 aliphatic rings. The molecule has 0 radical (unpaired) electrons. The second-order valence-electron chi connectivity index (χ2n) is 8.89. The fourth-order valence-corrected chi connectivity index (χ4v) is 10.0. The summed E-state index contributed by atoms with van der Waals surface area (Å²) in [7, 11) is -6.24. The molecule has 0 bridgehead atoms. The number of sulfonamides is 1. The summed E-state index contributed by atoms with van der Waals surface area (Å²) < 4.78 is 88.7. The van der Waals surface area contributed by atoms with Crippen molar-refractivity contribution in [3.63, 3.8) is 0 Å². The van der Waals surface area contributed by atoms with Gasteiger partial charge in [0, 0.05) is 24.0 Å². The maximum Gasteiger partial charge on any atom is 0.214 e. The Morgan fingerprint density at radius 3 is 2.45 bits per heavy atom. The highest BCUT2D eigenvalue weighted by atomic mass is 35.5. The normalized spacial score (nSPS) is 31.1. The minimum absolute atomic E-state index is 0.0522. The second-order valence-corrected chi connectivity index (χ2v) is 13.7. The Morgan fingerprint density at radius 2 is 1.76 bits per heavy atom. The summed E-state index contributed by atoms with van der Waals surface area (Å²) in [6.45, 7) is -0.157. The van der Waals surface area contributed by atoms with Crippen molar-refractivity contribution in [1.82, 2.24) is 4.31 Å². The highest BCUT2D eigenvalue weighted by Gasteiger charge is 2.64. The Labute approximate surface area is 196 Å². The van der Waals surface area contributed by atoms with Crippen molar-refractivity contribution >= 4 is 31.5 Å². The van der Waals surface area contributed by atoms with E-state index >= 15 is 4.39 Å². The predicted octanol–water partition coefficient (Wildman–Crippen LogP) is 3.74. The summed E-state index contributed by atoms with van der Waals surface area (Å²) in [5, 5.41) is 0.343. The number of fused-ring (bicyclic) bond motifs is 5. The third-order valence-corrected chi connectivity index (χ3v) is 12.2. The average Bonchev–Trinajstić information content (AvgIpc) is 2.78. The van der Waals surface area contributed by atoms with E-state index in [0.717, 1.165) is 12.1 Å². The van der Waals surface area contributed by atoms with Crippen LogP contribution in [-0.2, 0) is 24.6 Å². The van der Waals surface area contributed by atoms with Crippen LogP contribution in [0.3, 0.4) is 0 Å². The first-order valence-electron chi connectivity index (χ1n) is 10.6. The first-order chi connectivity index (χ1) is 15.5. The predicted molar refractivity (Wildman–Crippen MR) is 118 cm³/mol. The van der Waals surface area contributed by atoms with E-state index in [1.165, 1.54) is 35.6 Å². The molecule has 6 nitrogen and oxygen atoms in total. The molecule has 2 aromatic rings. The molecule has 33 heavy (non-hydrogen) atoms. The lowest BCUT2D eigenvalue weighted by Crippen LogP contribution is -2.62. The van der Waals surface area contributed by atoms with Crippen molar-refractivity contribution < 1.29 is 30.4 Å². The number of hydrogen-bond donors (Lipinski definition) is 0. The Bertz CT molecular complexity index is 1330. The molecular weight excluding hydrogens is 496 g/mol. The fraction of sp³-hybridized carbons (Fsp3) is 0.455. The van der Waals surface area contributed by atoms with Gasteiger partial charge in [-0.15, -0.1) is 0 Å². The maximum atomic E-state index is 15.4. The minimum Gasteiger partial charge on any atom is -0.490 e. The third kappa shape index (κ3) is 3.17. The van der Waals surface area contributed by atoms with E-state index < -0.39 is 54.1 Å². The fourth-order valence-electron chi connectivity index (χ4n) is 5.96. The van der Waals surface area contributed by atoms with Crippen LogP contribution in [0.5, 0.6) is 5.75 Å². The first kappa shape index (κ1) is 23.0. The molecule has 2 aliphatic heterocycles. The van der Waals surface area contributed by atoms with E-state index in [1.807, 2.05) is 0 Å². The number of nitrogens with zero attached hydrogens (tertiary/aromatic N) is 1. The van der Waals surface area contributed by atoms with E-state index in [2.05, 4.69) is 0 Å². The molecule has 0 amide bonds. The Hall–Kier alpha value is -1.75. The first-order valence-corrected chi connectivity index (χ1v) is 14.0. The van der Waals surface area contributed by atoms with Crippen LogP contribution in [0.1, 0.15) is 24.8 Å². The molecule has 2 fully saturated rings. The van der Waals surface area contributed by atoms with Crippen molar-refractivity contribution in [1.29, 1.82) is 0 Å². The van der Waals surface area contributed by atoms with Crippen LogP contribution in [0.25, 0.3) is 0 Å². The number of ether oxygens (including phenoxy) is 1. The molecule has 0 spiro atoms. The van der Waals surface area contributed by atoms with Crippen LogP contribution >= 0.6 is 11.6 Å². The smallest absolute Gasteiger partial charge is 0.214 e.